The number of carbonyl (C=O) groups is 1. The second-order valence-electron chi connectivity index (χ2n) is 7.37. The second kappa shape index (κ2) is 4.54. The van der Waals surface area contributed by atoms with Crippen molar-refractivity contribution < 1.29 is 4.79 Å². The number of hydrogen-bond acceptors (Lipinski definition) is 4. The van der Waals surface area contributed by atoms with Gasteiger partial charge in [0.05, 0.1) is 11.4 Å². The molecule has 0 saturated heterocycles. The van der Waals surface area contributed by atoms with Crippen LogP contribution < -0.4 is 0 Å². The van der Waals surface area contributed by atoms with Crippen molar-refractivity contribution in [2.75, 3.05) is 0 Å². The van der Waals surface area contributed by atoms with Crippen LogP contribution in [0.15, 0.2) is 35.5 Å². The van der Waals surface area contributed by atoms with E-state index in [1.807, 2.05) is 18.2 Å². The molecule has 2 bridgehead atoms. The third-order valence-electron chi connectivity index (χ3n) is 6.24. The fraction of sp³-hybridized carbons (Fsp3) is 0.500. The van der Waals surface area contributed by atoms with E-state index in [4.69, 9.17) is 0 Å². The summed E-state index contributed by atoms with van der Waals surface area (Å²) in [4.78, 5) is 12.9. The van der Waals surface area contributed by atoms with Crippen LogP contribution in [0, 0.1) is 16.7 Å². The first-order valence-electron chi connectivity index (χ1n) is 7.86. The zero-order valence-electron chi connectivity index (χ0n) is 13.2. The maximum Gasteiger partial charge on any atom is 0.150 e. The molecule has 0 aliphatic heterocycles. The molecule has 2 aliphatic rings. The minimum atomic E-state index is 0.00126. The lowest BCUT2D eigenvalue weighted by atomic mass is 9.71. The molecule has 4 heteroatoms. The topological polar surface area (TPSA) is 42.9 Å². The van der Waals surface area contributed by atoms with E-state index in [9.17, 15) is 4.79 Å². The van der Waals surface area contributed by atoms with Gasteiger partial charge in [-0.05, 0) is 23.7 Å². The highest BCUT2D eigenvalue weighted by Crippen LogP contribution is 2.67. The number of benzene rings is 1. The van der Waals surface area contributed by atoms with Crippen LogP contribution in [0.3, 0.4) is 0 Å². The predicted molar refractivity (Wildman–Crippen MR) is 88.8 cm³/mol. The molecule has 0 radical (unpaired) electrons. The summed E-state index contributed by atoms with van der Waals surface area (Å²) >= 11 is 1.63. The van der Waals surface area contributed by atoms with Crippen LogP contribution in [0.5, 0.6) is 0 Å². The molecule has 3 nitrogen and oxygen atoms in total. The highest BCUT2D eigenvalue weighted by molar-refractivity contribution is 8.00. The molecule has 2 aliphatic carbocycles. The van der Waals surface area contributed by atoms with Gasteiger partial charge in [0.1, 0.15) is 10.8 Å². The molecule has 0 unspecified atom stereocenters. The van der Waals surface area contributed by atoms with Gasteiger partial charge in [0, 0.05) is 16.7 Å². The largest absolute Gasteiger partial charge is 0.298 e. The molecule has 114 valence electrons. The van der Waals surface area contributed by atoms with E-state index in [1.54, 1.807) is 18.0 Å². The minimum Gasteiger partial charge on any atom is -0.298 e. The number of fused-ring (bicyclic) bond motifs is 3. The Bertz CT molecular complexity index is 767. The van der Waals surface area contributed by atoms with E-state index in [0.29, 0.717) is 5.78 Å². The van der Waals surface area contributed by atoms with Crippen LogP contribution >= 0.6 is 11.8 Å². The van der Waals surface area contributed by atoms with Gasteiger partial charge in [0.15, 0.2) is 0 Å². The number of rotatable bonds is 2. The summed E-state index contributed by atoms with van der Waals surface area (Å²) in [6, 6.07) is 8.13. The van der Waals surface area contributed by atoms with Crippen LogP contribution in [-0.4, -0.2) is 21.2 Å². The van der Waals surface area contributed by atoms with E-state index in [1.165, 1.54) is 0 Å². The molecule has 0 N–H and O–H groups in total. The van der Waals surface area contributed by atoms with Gasteiger partial charge >= 0.3 is 0 Å². The number of nitrogens with zero attached hydrogens (tertiary/aromatic N) is 2. The molecule has 1 aromatic carbocycles. The van der Waals surface area contributed by atoms with Gasteiger partial charge < -0.3 is 0 Å². The molecule has 4 rings (SSSR count). The average Bonchev–Trinajstić information content (AvgIpc) is 2.81. The van der Waals surface area contributed by atoms with Gasteiger partial charge in [0.25, 0.3) is 0 Å². The fourth-order valence-corrected chi connectivity index (χ4v) is 5.97. The van der Waals surface area contributed by atoms with E-state index in [2.05, 4.69) is 37.0 Å². The molecule has 3 atom stereocenters. The number of thioether (sulfide) groups is 1. The fourth-order valence-electron chi connectivity index (χ4n) is 4.38. The van der Waals surface area contributed by atoms with Crippen molar-refractivity contribution in [2.24, 2.45) is 16.7 Å². The van der Waals surface area contributed by atoms with Crippen LogP contribution in [0.4, 0.5) is 0 Å². The predicted octanol–water partition coefficient (Wildman–Crippen LogP) is 4.12. The van der Waals surface area contributed by atoms with Crippen molar-refractivity contribution in [1.82, 2.24) is 10.2 Å². The number of Topliss-reactive ketones (excluding diaryl/α,β-unsaturated/α-hetero) is 1. The number of ketones is 1. The van der Waals surface area contributed by atoms with Crippen LogP contribution in [0.1, 0.15) is 33.6 Å². The van der Waals surface area contributed by atoms with Gasteiger partial charge in [-0.2, -0.15) is 5.10 Å². The molecule has 2 saturated carbocycles. The molecule has 0 amide bonds. The third-order valence-corrected chi connectivity index (χ3v) is 7.76. The monoisotopic (exact) mass is 312 g/mol. The van der Waals surface area contributed by atoms with Crippen molar-refractivity contribution in [1.29, 1.82) is 0 Å². The Hall–Kier alpha value is -1.42. The minimum absolute atomic E-state index is 0.00126. The molecule has 1 heterocycles. The first-order chi connectivity index (χ1) is 10.4. The number of hydrogen-bond donors (Lipinski definition) is 0. The Kier molecular flexibility index (Phi) is 2.93. The quantitative estimate of drug-likeness (QED) is 0.837. The summed E-state index contributed by atoms with van der Waals surface area (Å²) in [5.41, 5.74) is 0.137. The van der Waals surface area contributed by atoms with Crippen molar-refractivity contribution >= 4 is 28.3 Å². The van der Waals surface area contributed by atoms with E-state index in [-0.39, 0.29) is 22.0 Å². The average molecular weight is 312 g/mol. The molecule has 1 aromatic heterocycles. The van der Waals surface area contributed by atoms with Crippen molar-refractivity contribution in [3.63, 3.8) is 0 Å². The summed E-state index contributed by atoms with van der Waals surface area (Å²) in [7, 11) is 0. The first kappa shape index (κ1) is 14.2. The van der Waals surface area contributed by atoms with Crippen molar-refractivity contribution in [3.05, 3.63) is 30.5 Å². The first-order valence-corrected chi connectivity index (χ1v) is 8.74. The zero-order chi connectivity index (χ0) is 15.5. The normalized spacial score (nSPS) is 32.8. The van der Waals surface area contributed by atoms with Gasteiger partial charge in [0.2, 0.25) is 0 Å². The van der Waals surface area contributed by atoms with Crippen LogP contribution in [-0.2, 0) is 4.79 Å². The summed E-state index contributed by atoms with van der Waals surface area (Å²) in [5.74, 6) is 0.622. The number of aromatic nitrogens is 2. The SMILES string of the molecule is CC1(C)[C@@H]2CC[C@@]1(C)[C@H](Sc1nncc3ccccc13)C2=O. The van der Waals surface area contributed by atoms with Crippen LogP contribution in [0.2, 0.25) is 0 Å². The highest BCUT2D eigenvalue weighted by Gasteiger charge is 2.66. The molecule has 2 fully saturated rings. The second-order valence-corrected chi connectivity index (χ2v) is 8.46. The Morgan fingerprint density at radius 3 is 2.73 bits per heavy atom. The summed E-state index contributed by atoms with van der Waals surface area (Å²) in [5, 5.41) is 11.5. The van der Waals surface area contributed by atoms with Crippen molar-refractivity contribution in [3.8, 4) is 0 Å². The Morgan fingerprint density at radius 2 is 2.00 bits per heavy atom. The Labute approximate surface area is 134 Å². The van der Waals surface area contributed by atoms with E-state index < -0.39 is 0 Å². The zero-order valence-corrected chi connectivity index (χ0v) is 14.0. The highest BCUT2D eigenvalue weighted by atomic mass is 32.2. The lowest BCUT2D eigenvalue weighted by molar-refractivity contribution is -0.122. The summed E-state index contributed by atoms with van der Waals surface area (Å²) in [6.07, 6.45) is 3.96. The van der Waals surface area contributed by atoms with Crippen molar-refractivity contribution in [2.45, 2.75) is 43.9 Å². The van der Waals surface area contributed by atoms with Gasteiger partial charge in [-0.1, -0.05) is 56.8 Å². The molecular formula is C18H20N2OS. The van der Waals surface area contributed by atoms with E-state index in [0.717, 1.165) is 28.6 Å². The molecular weight excluding hydrogens is 292 g/mol. The Morgan fingerprint density at radius 1 is 1.23 bits per heavy atom. The molecule has 0 spiro atoms. The summed E-state index contributed by atoms with van der Waals surface area (Å²) in [6.45, 7) is 6.81. The lowest BCUT2D eigenvalue weighted by Gasteiger charge is -2.37. The molecule has 2 aromatic rings. The maximum absolute atomic E-state index is 12.9. The molecule has 22 heavy (non-hydrogen) atoms. The Balaban J connectivity index is 1.76. The standard InChI is InChI=1S/C18H20N2OS/c1-17(2)13-8-9-18(17,3)15(14(13)21)22-16-12-7-5-4-6-11(12)10-19-20-16/h4-7,10,13,15H,8-9H2,1-3H3/t13-,15-,18+/m1/s1. The lowest BCUT2D eigenvalue weighted by Crippen LogP contribution is -2.35. The van der Waals surface area contributed by atoms with Gasteiger partial charge in [-0.3, -0.25) is 4.79 Å². The summed E-state index contributed by atoms with van der Waals surface area (Å²) < 4.78 is 0. The maximum atomic E-state index is 12.9. The number of carbonyl (C=O) groups excluding carboxylic acids is 1. The van der Waals surface area contributed by atoms with Gasteiger partial charge in [-0.25, -0.2) is 0 Å². The third kappa shape index (κ3) is 1.67. The van der Waals surface area contributed by atoms with Crippen LogP contribution in [0.25, 0.3) is 10.8 Å². The van der Waals surface area contributed by atoms with E-state index >= 15 is 0 Å². The smallest absolute Gasteiger partial charge is 0.150 e. The van der Waals surface area contributed by atoms with Gasteiger partial charge in [-0.15, -0.1) is 5.10 Å².